The lowest BCUT2D eigenvalue weighted by Crippen LogP contribution is -2.25. The average molecular weight is 304 g/mol. The van der Waals surface area contributed by atoms with Crippen LogP contribution in [0.5, 0.6) is 5.75 Å². The molecule has 0 spiro atoms. The monoisotopic (exact) mass is 303 g/mol. The molecule has 0 atom stereocenters. The number of methoxy groups -OCH3 is 1. The fraction of sp³-hybridized carbons (Fsp3) is 0.235. The van der Waals surface area contributed by atoms with Gasteiger partial charge in [0.1, 0.15) is 5.75 Å². The van der Waals surface area contributed by atoms with Crippen LogP contribution >= 0.6 is 11.6 Å². The van der Waals surface area contributed by atoms with Crippen LogP contribution < -0.4 is 10.1 Å². The Morgan fingerprint density at radius 2 is 1.90 bits per heavy atom. The largest absolute Gasteiger partial charge is 0.496 e. The van der Waals surface area contributed by atoms with Crippen molar-refractivity contribution < 1.29 is 9.53 Å². The number of aryl methyl sites for hydroxylation is 1. The molecule has 2 aromatic rings. The molecule has 0 aliphatic carbocycles. The van der Waals surface area contributed by atoms with Crippen LogP contribution in [0.1, 0.15) is 21.5 Å². The first-order valence-electron chi connectivity index (χ1n) is 6.77. The zero-order chi connectivity index (χ0) is 15.2. The van der Waals surface area contributed by atoms with Gasteiger partial charge in [-0.25, -0.2) is 0 Å². The summed E-state index contributed by atoms with van der Waals surface area (Å²) in [5, 5.41) is 3.62. The molecular formula is C17H18ClNO2. The average Bonchev–Trinajstić information content (AvgIpc) is 2.49. The molecule has 4 heteroatoms. The Morgan fingerprint density at radius 3 is 2.57 bits per heavy atom. The van der Waals surface area contributed by atoms with E-state index in [2.05, 4.69) is 5.32 Å². The van der Waals surface area contributed by atoms with E-state index in [4.69, 9.17) is 16.3 Å². The number of hydrogen-bond donors (Lipinski definition) is 1. The maximum atomic E-state index is 12.1. The summed E-state index contributed by atoms with van der Waals surface area (Å²) in [6.07, 6.45) is 0.770. The minimum atomic E-state index is -0.0951. The van der Waals surface area contributed by atoms with E-state index in [-0.39, 0.29) is 5.91 Å². The van der Waals surface area contributed by atoms with Gasteiger partial charge >= 0.3 is 0 Å². The summed E-state index contributed by atoms with van der Waals surface area (Å²) in [6.45, 7) is 2.53. The highest BCUT2D eigenvalue weighted by molar-refractivity contribution is 6.30. The van der Waals surface area contributed by atoms with E-state index in [0.29, 0.717) is 12.1 Å². The zero-order valence-electron chi connectivity index (χ0n) is 12.2. The van der Waals surface area contributed by atoms with Gasteiger partial charge in [0.05, 0.1) is 7.11 Å². The molecule has 0 saturated heterocycles. The highest BCUT2D eigenvalue weighted by Gasteiger charge is 2.08. The van der Waals surface area contributed by atoms with Gasteiger partial charge in [-0.3, -0.25) is 4.79 Å². The van der Waals surface area contributed by atoms with Crippen molar-refractivity contribution in [3.8, 4) is 5.75 Å². The molecule has 0 saturated carbocycles. The molecular weight excluding hydrogens is 286 g/mol. The van der Waals surface area contributed by atoms with Gasteiger partial charge in [-0.1, -0.05) is 29.8 Å². The Hall–Kier alpha value is -2.00. The molecule has 0 heterocycles. The smallest absolute Gasteiger partial charge is 0.251 e. The van der Waals surface area contributed by atoms with E-state index in [9.17, 15) is 4.79 Å². The molecule has 0 aliphatic rings. The molecule has 0 fully saturated rings. The fourth-order valence-electron chi connectivity index (χ4n) is 2.03. The molecule has 2 aromatic carbocycles. The van der Waals surface area contributed by atoms with Crippen LogP contribution in [-0.2, 0) is 6.42 Å². The Balaban J connectivity index is 1.91. The third-order valence-electron chi connectivity index (χ3n) is 3.28. The molecule has 110 valence electrons. The lowest BCUT2D eigenvalue weighted by molar-refractivity contribution is 0.0954. The van der Waals surface area contributed by atoms with Crippen LogP contribution in [0, 0.1) is 6.92 Å². The van der Waals surface area contributed by atoms with Crippen molar-refractivity contribution in [3.05, 3.63) is 64.2 Å². The zero-order valence-corrected chi connectivity index (χ0v) is 12.9. The van der Waals surface area contributed by atoms with Gasteiger partial charge in [0, 0.05) is 17.1 Å². The van der Waals surface area contributed by atoms with Crippen LogP contribution in [0.25, 0.3) is 0 Å². The normalized spacial score (nSPS) is 10.2. The molecule has 2 rings (SSSR count). The van der Waals surface area contributed by atoms with Gasteiger partial charge in [-0.05, 0) is 48.7 Å². The van der Waals surface area contributed by atoms with E-state index in [0.717, 1.165) is 28.3 Å². The summed E-state index contributed by atoms with van der Waals surface area (Å²) in [5.74, 6) is 0.627. The van der Waals surface area contributed by atoms with Crippen LogP contribution in [-0.4, -0.2) is 19.6 Å². The molecule has 0 unspecified atom stereocenters. The molecule has 3 nitrogen and oxygen atoms in total. The number of halogens is 1. The first-order chi connectivity index (χ1) is 10.1. The molecule has 0 aliphatic heterocycles. The number of nitrogens with one attached hydrogen (secondary N) is 1. The molecule has 0 radical (unpaired) electrons. The minimum Gasteiger partial charge on any atom is -0.496 e. The fourth-order valence-corrected chi connectivity index (χ4v) is 2.16. The Morgan fingerprint density at radius 1 is 1.19 bits per heavy atom. The van der Waals surface area contributed by atoms with E-state index >= 15 is 0 Å². The number of rotatable bonds is 5. The number of hydrogen-bond acceptors (Lipinski definition) is 2. The SMILES string of the molecule is COc1cc(C(=O)NCCc2ccc(Cl)cc2)ccc1C. The van der Waals surface area contributed by atoms with Gasteiger partial charge in [-0.15, -0.1) is 0 Å². The molecule has 1 amide bonds. The van der Waals surface area contributed by atoms with Crippen molar-refractivity contribution in [1.29, 1.82) is 0 Å². The van der Waals surface area contributed by atoms with Crippen LogP contribution in [0.3, 0.4) is 0 Å². The first kappa shape index (κ1) is 15.4. The topological polar surface area (TPSA) is 38.3 Å². The van der Waals surface area contributed by atoms with Gasteiger partial charge < -0.3 is 10.1 Å². The second-order valence-electron chi connectivity index (χ2n) is 4.82. The van der Waals surface area contributed by atoms with E-state index < -0.39 is 0 Å². The van der Waals surface area contributed by atoms with Crippen LogP contribution in [0.4, 0.5) is 0 Å². The summed E-state index contributed by atoms with van der Waals surface area (Å²) >= 11 is 5.84. The quantitative estimate of drug-likeness (QED) is 0.916. The summed E-state index contributed by atoms with van der Waals surface area (Å²) in [5.41, 5.74) is 2.75. The lowest BCUT2D eigenvalue weighted by Gasteiger charge is -2.09. The van der Waals surface area contributed by atoms with Gasteiger partial charge in [0.25, 0.3) is 5.91 Å². The Kier molecular flexibility index (Phi) is 5.23. The molecule has 1 N–H and O–H groups in total. The van der Waals surface area contributed by atoms with Crippen molar-refractivity contribution in [2.45, 2.75) is 13.3 Å². The minimum absolute atomic E-state index is 0.0951. The van der Waals surface area contributed by atoms with Crippen molar-refractivity contribution in [2.75, 3.05) is 13.7 Å². The van der Waals surface area contributed by atoms with Gasteiger partial charge in [-0.2, -0.15) is 0 Å². The Bertz CT molecular complexity index is 623. The van der Waals surface area contributed by atoms with Crippen molar-refractivity contribution >= 4 is 17.5 Å². The lowest BCUT2D eigenvalue weighted by atomic mass is 10.1. The molecule has 0 bridgehead atoms. The second-order valence-corrected chi connectivity index (χ2v) is 5.25. The molecule has 21 heavy (non-hydrogen) atoms. The predicted molar refractivity (Wildman–Crippen MR) is 85.2 cm³/mol. The third-order valence-corrected chi connectivity index (χ3v) is 3.53. The van der Waals surface area contributed by atoms with Crippen LogP contribution in [0.15, 0.2) is 42.5 Å². The first-order valence-corrected chi connectivity index (χ1v) is 7.15. The summed E-state index contributed by atoms with van der Waals surface area (Å²) in [7, 11) is 1.60. The summed E-state index contributed by atoms with van der Waals surface area (Å²) in [4.78, 5) is 12.1. The highest BCUT2D eigenvalue weighted by atomic mass is 35.5. The number of carbonyl (C=O) groups is 1. The second kappa shape index (κ2) is 7.14. The van der Waals surface area contributed by atoms with Crippen LogP contribution in [0.2, 0.25) is 5.02 Å². The third kappa shape index (κ3) is 4.23. The number of carbonyl (C=O) groups excluding carboxylic acids is 1. The standard InChI is InChI=1S/C17H18ClNO2/c1-12-3-6-14(11-16(12)21-2)17(20)19-10-9-13-4-7-15(18)8-5-13/h3-8,11H,9-10H2,1-2H3,(H,19,20). The van der Waals surface area contributed by atoms with Crippen molar-refractivity contribution in [1.82, 2.24) is 5.32 Å². The van der Waals surface area contributed by atoms with Crippen molar-refractivity contribution in [2.24, 2.45) is 0 Å². The number of benzene rings is 2. The van der Waals surface area contributed by atoms with E-state index in [1.807, 2.05) is 37.3 Å². The van der Waals surface area contributed by atoms with Gasteiger partial charge in [0.15, 0.2) is 0 Å². The maximum absolute atomic E-state index is 12.1. The summed E-state index contributed by atoms with van der Waals surface area (Å²) < 4.78 is 5.23. The predicted octanol–water partition coefficient (Wildman–Crippen LogP) is 3.63. The van der Waals surface area contributed by atoms with E-state index in [1.54, 1.807) is 19.2 Å². The van der Waals surface area contributed by atoms with E-state index in [1.165, 1.54) is 0 Å². The molecule has 0 aromatic heterocycles. The maximum Gasteiger partial charge on any atom is 0.251 e. The Labute approximate surface area is 129 Å². The van der Waals surface area contributed by atoms with Gasteiger partial charge in [0.2, 0.25) is 0 Å². The summed E-state index contributed by atoms with van der Waals surface area (Å²) in [6, 6.07) is 13.1. The number of amides is 1. The number of ether oxygens (including phenoxy) is 1. The van der Waals surface area contributed by atoms with Crippen molar-refractivity contribution in [3.63, 3.8) is 0 Å². The highest BCUT2D eigenvalue weighted by Crippen LogP contribution is 2.18.